The van der Waals surface area contributed by atoms with Crippen LogP contribution in [0.2, 0.25) is 0 Å². The summed E-state index contributed by atoms with van der Waals surface area (Å²) in [6.45, 7) is 7.66. The van der Waals surface area contributed by atoms with E-state index in [9.17, 15) is 5.26 Å². The molecular formula is C16H29NO3. The lowest BCUT2D eigenvalue weighted by Gasteiger charge is -2.39. The van der Waals surface area contributed by atoms with Gasteiger partial charge < -0.3 is 14.2 Å². The summed E-state index contributed by atoms with van der Waals surface area (Å²) in [7, 11) is 1.66. The van der Waals surface area contributed by atoms with Crippen molar-refractivity contribution < 1.29 is 14.2 Å². The lowest BCUT2D eigenvalue weighted by Crippen LogP contribution is -2.31. The van der Waals surface area contributed by atoms with Gasteiger partial charge in [0.25, 0.3) is 0 Å². The van der Waals surface area contributed by atoms with Gasteiger partial charge in [-0.25, -0.2) is 0 Å². The minimum absolute atomic E-state index is 0.160. The molecule has 0 bridgehead atoms. The lowest BCUT2D eigenvalue weighted by molar-refractivity contribution is 0.0146. The molecule has 4 heteroatoms. The van der Waals surface area contributed by atoms with Crippen LogP contribution in [0, 0.1) is 22.2 Å². The molecular weight excluding hydrogens is 254 g/mol. The van der Waals surface area contributed by atoms with E-state index in [1.165, 1.54) is 0 Å². The van der Waals surface area contributed by atoms with Gasteiger partial charge in [0.2, 0.25) is 0 Å². The lowest BCUT2D eigenvalue weighted by atomic mass is 9.64. The standard InChI is InChI=1S/C16H29NO3/c1-15(2)4-6-16(14-17,7-5-15)8-9-19-12-13-20-11-10-18-3/h4-13H2,1-3H3. The molecule has 0 atom stereocenters. The maximum Gasteiger partial charge on any atom is 0.0701 e. The maximum atomic E-state index is 9.47. The maximum absolute atomic E-state index is 9.47. The summed E-state index contributed by atoms with van der Waals surface area (Å²) < 4.78 is 15.8. The summed E-state index contributed by atoms with van der Waals surface area (Å²) in [5, 5.41) is 9.47. The minimum Gasteiger partial charge on any atom is -0.382 e. The molecule has 0 radical (unpaired) electrons. The van der Waals surface area contributed by atoms with E-state index in [4.69, 9.17) is 14.2 Å². The third-order valence-corrected chi connectivity index (χ3v) is 4.33. The van der Waals surface area contributed by atoms with Crippen LogP contribution in [0.25, 0.3) is 0 Å². The van der Waals surface area contributed by atoms with Crippen molar-refractivity contribution in [2.24, 2.45) is 10.8 Å². The second-order valence-corrected chi connectivity index (χ2v) is 6.52. The van der Waals surface area contributed by atoms with Crippen molar-refractivity contribution >= 4 is 0 Å². The van der Waals surface area contributed by atoms with Gasteiger partial charge in [0, 0.05) is 13.7 Å². The normalized spacial score (nSPS) is 20.5. The Balaban J connectivity index is 2.12. The zero-order chi connectivity index (χ0) is 14.9. The molecule has 0 aromatic carbocycles. The van der Waals surface area contributed by atoms with E-state index < -0.39 is 0 Å². The second-order valence-electron chi connectivity index (χ2n) is 6.52. The number of hydrogen-bond donors (Lipinski definition) is 0. The molecule has 4 nitrogen and oxygen atoms in total. The van der Waals surface area contributed by atoms with Gasteiger partial charge in [-0.1, -0.05) is 13.8 Å². The van der Waals surface area contributed by atoms with Gasteiger partial charge in [-0.15, -0.1) is 0 Å². The highest BCUT2D eigenvalue weighted by Crippen LogP contribution is 2.46. The molecule has 1 aliphatic carbocycles. The van der Waals surface area contributed by atoms with Crippen LogP contribution in [0.4, 0.5) is 0 Å². The first-order chi connectivity index (χ1) is 9.54. The number of nitrogens with zero attached hydrogens (tertiary/aromatic N) is 1. The molecule has 1 aliphatic rings. The van der Waals surface area contributed by atoms with Crippen LogP contribution in [-0.4, -0.2) is 40.1 Å². The fourth-order valence-corrected chi connectivity index (χ4v) is 2.55. The summed E-state index contributed by atoms with van der Waals surface area (Å²) >= 11 is 0. The molecule has 0 saturated heterocycles. The van der Waals surface area contributed by atoms with Crippen molar-refractivity contribution in [2.75, 3.05) is 40.1 Å². The quantitative estimate of drug-likeness (QED) is 0.610. The molecule has 20 heavy (non-hydrogen) atoms. The number of rotatable bonds is 9. The van der Waals surface area contributed by atoms with Crippen LogP contribution in [0.15, 0.2) is 0 Å². The smallest absolute Gasteiger partial charge is 0.0701 e. The molecule has 0 N–H and O–H groups in total. The van der Waals surface area contributed by atoms with Gasteiger partial charge in [0.05, 0.1) is 37.9 Å². The van der Waals surface area contributed by atoms with Gasteiger partial charge >= 0.3 is 0 Å². The Hall–Kier alpha value is -0.630. The third kappa shape index (κ3) is 6.21. The third-order valence-electron chi connectivity index (χ3n) is 4.33. The number of nitriles is 1. The average molecular weight is 283 g/mol. The molecule has 116 valence electrons. The van der Waals surface area contributed by atoms with Crippen molar-refractivity contribution in [1.82, 2.24) is 0 Å². The fourth-order valence-electron chi connectivity index (χ4n) is 2.55. The molecule has 0 aromatic heterocycles. The fraction of sp³-hybridized carbons (Fsp3) is 0.938. The van der Waals surface area contributed by atoms with Gasteiger partial charge in [-0.3, -0.25) is 0 Å². The zero-order valence-corrected chi connectivity index (χ0v) is 13.2. The summed E-state index contributed by atoms with van der Waals surface area (Å²) in [6.07, 6.45) is 5.13. The molecule has 0 spiro atoms. The second kappa shape index (κ2) is 8.61. The molecule has 1 fully saturated rings. The summed E-state index contributed by atoms with van der Waals surface area (Å²) in [5.74, 6) is 0. The highest BCUT2D eigenvalue weighted by atomic mass is 16.5. The Morgan fingerprint density at radius 2 is 1.45 bits per heavy atom. The highest BCUT2D eigenvalue weighted by molar-refractivity contribution is 5.02. The van der Waals surface area contributed by atoms with Crippen LogP contribution in [0.5, 0.6) is 0 Å². The molecule has 0 unspecified atom stereocenters. The van der Waals surface area contributed by atoms with Crippen molar-refractivity contribution in [3.8, 4) is 6.07 Å². The van der Waals surface area contributed by atoms with Crippen LogP contribution in [0.1, 0.15) is 46.0 Å². The van der Waals surface area contributed by atoms with E-state index in [0.717, 1.165) is 32.1 Å². The van der Waals surface area contributed by atoms with E-state index in [-0.39, 0.29) is 5.41 Å². The first kappa shape index (κ1) is 17.4. The van der Waals surface area contributed by atoms with E-state index in [2.05, 4.69) is 19.9 Å². The van der Waals surface area contributed by atoms with Crippen LogP contribution in [-0.2, 0) is 14.2 Å². The molecule has 0 heterocycles. The summed E-state index contributed by atoms with van der Waals surface area (Å²) in [6, 6.07) is 2.55. The van der Waals surface area contributed by atoms with Crippen molar-refractivity contribution in [2.45, 2.75) is 46.0 Å². The SMILES string of the molecule is COCCOCCOCCC1(C#N)CCC(C)(C)CC1. The first-order valence-corrected chi connectivity index (χ1v) is 7.59. The molecule has 0 amide bonds. The average Bonchev–Trinajstić information content (AvgIpc) is 2.44. The van der Waals surface area contributed by atoms with Crippen molar-refractivity contribution in [3.05, 3.63) is 0 Å². The minimum atomic E-state index is -0.160. The van der Waals surface area contributed by atoms with Crippen molar-refractivity contribution in [1.29, 1.82) is 5.26 Å². The van der Waals surface area contributed by atoms with Gasteiger partial charge in [0.1, 0.15) is 0 Å². The van der Waals surface area contributed by atoms with Gasteiger partial charge in [-0.05, 0) is 37.5 Å². The Labute approximate surface area is 123 Å². The predicted octanol–water partition coefficient (Wildman–Crippen LogP) is 3.17. The number of hydrogen-bond acceptors (Lipinski definition) is 4. The molecule has 0 aliphatic heterocycles. The van der Waals surface area contributed by atoms with Gasteiger partial charge in [0.15, 0.2) is 0 Å². The van der Waals surface area contributed by atoms with Crippen LogP contribution >= 0.6 is 0 Å². The summed E-state index contributed by atoms with van der Waals surface area (Å²) in [4.78, 5) is 0. The largest absolute Gasteiger partial charge is 0.382 e. The monoisotopic (exact) mass is 283 g/mol. The van der Waals surface area contributed by atoms with E-state index >= 15 is 0 Å². The predicted molar refractivity (Wildman–Crippen MR) is 78.4 cm³/mol. The Morgan fingerprint density at radius 1 is 0.900 bits per heavy atom. The summed E-state index contributed by atoms with van der Waals surface area (Å²) in [5.41, 5.74) is 0.239. The zero-order valence-electron chi connectivity index (χ0n) is 13.2. The number of ether oxygens (including phenoxy) is 3. The Kier molecular flexibility index (Phi) is 7.50. The molecule has 1 saturated carbocycles. The highest BCUT2D eigenvalue weighted by Gasteiger charge is 2.38. The van der Waals surface area contributed by atoms with Crippen LogP contribution in [0.3, 0.4) is 0 Å². The Bertz CT molecular complexity index is 299. The number of methoxy groups -OCH3 is 1. The van der Waals surface area contributed by atoms with Crippen LogP contribution < -0.4 is 0 Å². The van der Waals surface area contributed by atoms with E-state index in [1.807, 2.05) is 0 Å². The van der Waals surface area contributed by atoms with Crippen molar-refractivity contribution in [3.63, 3.8) is 0 Å². The molecule has 1 rings (SSSR count). The van der Waals surface area contributed by atoms with E-state index in [0.29, 0.717) is 38.4 Å². The van der Waals surface area contributed by atoms with Gasteiger partial charge in [-0.2, -0.15) is 5.26 Å². The Morgan fingerprint density at radius 3 is 2.00 bits per heavy atom. The first-order valence-electron chi connectivity index (χ1n) is 7.59. The van der Waals surface area contributed by atoms with E-state index in [1.54, 1.807) is 7.11 Å². The molecule has 0 aromatic rings. The topological polar surface area (TPSA) is 51.5 Å².